The zero-order chi connectivity index (χ0) is 16.6. The minimum absolute atomic E-state index is 0.0302. The molecule has 8 heteroatoms. The van der Waals surface area contributed by atoms with Crippen LogP contribution in [0.4, 0.5) is 0 Å². The van der Waals surface area contributed by atoms with Crippen LogP contribution in [0.1, 0.15) is 34.2 Å². The second-order valence-corrected chi connectivity index (χ2v) is 7.53. The molecule has 2 N–H and O–H groups in total. The van der Waals surface area contributed by atoms with Crippen LogP contribution in [0.3, 0.4) is 0 Å². The fraction of sp³-hybridized carbons (Fsp3) is 0.533. The highest BCUT2D eigenvalue weighted by Gasteiger charge is 2.32. The number of piperazine rings is 1. The van der Waals surface area contributed by atoms with E-state index in [9.17, 15) is 18.3 Å². The highest BCUT2D eigenvalue weighted by atomic mass is 32.2. The normalized spacial score (nSPS) is 21.2. The summed E-state index contributed by atoms with van der Waals surface area (Å²) in [5.41, 5.74) is -1.52. The van der Waals surface area contributed by atoms with Gasteiger partial charge in [-0.05, 0) is 30.5 Å². The van der Waals surface area contributed by atoms with Gasteiger partial charge in [0.25, 0.3) is 16.0 Å². The molecule has 23 heavy (non-hydrogen) atoms. The molecule has 126 valence electrons. The van der Waals surface area contributed by atoms with Crippen molar-refractivity contribution in [3.63, 3.8) is 0 Å². The summed E-state index contributed by atoms with van der Waals surface area (Å²) >= 11 is 0. The Labute approximate surface area is 135 Å². The molecule has 1 saturated carbocycles. The number of benzene rings is 1. The quantitative estimate of drug-likeness (QED) is 0.774. The molecule has 1 amide bonds. The molecule has 0 aromatic heterocycles. The minimum Gasteiger partial charge on any atom is -0.371 e. The molecule has 1 saturated heterocycles. The van der Waals surface area contributed by atoms with Crippen LogP contribution in [0.15, 0.2) is 24.3 Å². The number of nitrogens with zero attached hydrogens (tertiary/aromatic N) is 2. The highest BCUT2D eigenvalue weighted by Crippen LogP contribution is 2.27. The Balaban J connectivity index is 1.64. The zero-order valence-corrected chi connectivity index (χ0v) is 13.4. The fourth-order valence-electron chi connectivity index (χ4n) is 2.87. The van der Waals surface area contributed by atoms with E-state index in [1.807, 2.05) is 0 Å². The van der Waals surface area contributed by atoms with Crippen LogP contribution in [0.2, 0.25) is 0 Å². The molecule has 0 spiro atoms. The number of rotatable bonds is 4. The first-order chi connectivity index (χ1) is 10.9. The minimum atomic E-state index is -4.56. The molecule has 1 aliphatic heterocycles. The smallest absolute Gasteiger partial charge is 0.296 e. The Morgan fingerprint density at radius 1 is 1.09 bits per heavy atom. The third-order valence-corrected chi connectivity index (χ3v) is 5.23. The number of amides is 1. The molecule has 2 aliphatic rings. The average Bonchev–Trinajstić information content (AvgIpc) is 3.38. The first-order valence-corrected chi connectivity index (χ1v) is 9.14. The van der Waals surface area contributed by atoms with Gasteiger partial charge in [0, 0.05) is 37.8 Å². The maximum atomic E-state index is 12.4. The van der Waals surface area contributed by atoms with E-state index in [0.717, 1.165) is 13.1 Å². The monoisotopic (exact) mass is 340 g/mol. The average molecular weight is 340 g/mol. The van der Waals surface area contributed by atoms with Gasteiger partial charge in [-0.15, -0.1) is 0 Å². The SMILES string of the molecule is O=C(c1ccc(C(O)S(=O)(=O)O)cc1)N1CCN(C2CC2)CC1. The van der Waals surface area contributed by atoms with Crippen LogP contribution in [-0.2, 0) is 10.1 Å². The largest absolute Gasteiger partial charge is 0.371 e. The van der Waals surface area contributed by atoms with Gasteiger partial charge in [-0.1, -0.05) is 12.1 Å². The molecule has 1 aromatic carbocycles. The van der Waals surface area contributed by atoms with E-state index in [1.54, 1.807) is 4.90 Å². The summed E-state index contributed by atoms with van der Waals surface area (Å²) in [6.45, 7) is 3.14. The van der Waals surface area contributed by atoms with Gasteiger partial charge in [-0.3, -0.25) is 14.2 Å². The molecule has 0 radical (unpaired) electrons. The number of aliphatic hydroxyl groups excluding tert-OH is 1. The summed E-state index contributed by atoms with van der Waals surface area (Å²) in [6, 6.07) is 6.32. The second-order valence-electron chi connectivity index (χ2n) is 6.05. The lowest BCUT2D eigenvalue weighted by Crippen LogP contribution is -2.49. The van der Waals surface area contributed by atoms with E-state index in [4.69, 9.17) is 4.55 Å². The van der Waals surface area contributed by atoms with E-state index in [2.05, 4.69) is 4.90 Å². The first kappa shape index (κ1) is 16.4. The number of aliphatic hydroxyl groups is 1. The Hall–Kier alpha value is -1.48. The molecule has 1 aromatic rings. The van der Waals surface area contributed by atoms with Gasteiger partial charge in [0.1, 0.15) is 0 Å². The summed E-state index contributed by atoms with van der Waals surface area (Å²) in [4.78, 5) is 16.6. The van der Waals surface area contributed by atoms with Crippen molar-refractivity contribution < 1.29 is 22.9 Å². The van der Waals surface area contributed by atoms with Crippen molar-refractivity contribution in [2.75, 3.05) is 26.2 Å². The third kappa shape index (κ3) is 3.72. The molecule has 3 rings (SSSR count). The predicted molar refractivity (Wildman–Crippen MR) is 83.4 cm³/mol. The number of hydrogen-bond acceptors (Lipinski definition) is 5. The summed E-state index contributed by atoms with van der Waals surface area (Å²) < 4.78 is 30.7. The topological polar surface area (TPSA) is 98.1 Å². The lowest BCUT2D eigenvalue weighted by Gasteiger charge is -2.34. The number of carbonyl (C=O) groups is 1. The molecule has 1 heterocycles. The molecule has 0 bridgehead atoms. The van der Waals surface area contributed by atoms with E-state index >= 15 is 0 Å². The van der Waals surface area contributed by atoms with Gasteiger partial charge >= 0.3 is 0 Å². The van der Waals surface area contributed by atoms with Gasteiger partial charge in [-0.25, -0.2) is 0 Å². The van der Waals surface area contributed by atoms with Crippen LogP contribution in [-0.4, -0.2) is 66.0 Å². The molecule has 1 aliphatic carbocycles. The fourth-order valence-corrected chi connectivity index (χ4v) is 3.38. The maximum Gasteiger partial charge on any atom is 0.296 e. The molecule has 2 fully saturated rings. The lowest BCUT2D eigenvalue weighted by atomic mass is 10.1. The highest BCUT2D eigenvalue weighted by molar-refractivity contribution is 7.85. The summed E-state index contributed by atoms with van der Waals surface area (Å²) in [7, 11) is -4.56. The number of carbonyl (C=O) groups excluding carboxylic acids is 1. The molecule has 1 unspecified atom stereocenters. The van der Waals surface area contributed by atoms with Crippen molar-refractivity contribution in [2.24, 2.45) is 0 Å². The summed E-state index contributed by atoms with van der Waals surface area (Å²) in [6.07, 6.45) is 2.51. The van der Waals surface area contributed by atoms with E-state index in [1.165, 1.54) is 37.1 Å². The Morgan fingerprint density at radius 3 is 2.13 bits per heavy atom. The first-order valence-electron chi connectivity index (χ1n) is 7.64. The van der Waals surface area contributed by atoms with Crippen molar-refractivity contribution in [2.45, 2.75) is 24.3 Å². The van der Waals surface area contributed by atoms with E-state index in [0.29, 0.717) is 24.7 Å². The predicted octanol–water partition coefficient (Wildman–Crippen LogP) is 0.486. The van der Waals surface area contributed by atoms with Gasteiger partial charge < -0.3 is 10.0 Å². The summed E-state index contributed by atoms with van der Waals surface area (Å²) in [5, 5.41) is 9.48. The van der Waals surface area contributed by atoms with Gasteiger partial charge in [-0.2, -0.15) is 8.42 Å². The Bertz CT molecular complexity index is 676. The molecule has 1 atom stereocenters. The maximum absolute atomic E-state index is 12.4. The van der Waals surface area contributed by atoms with E-state index in [-0.39, 0.29) is 11.5 Å². The molecular weight excluding hydrogens is 320 g/mol. The van der Waals surface area contributed by atoms with Gasteiger partial charge in [0.2, 0.25) is 5.44 Å². The van der Waals surface area contributed by atoms with E-state index < -0.39 is 15.6 Å². The van der Waals surface area contributed by atoms with Crippen molar-refractivity contribution in [3.8, 4) is 0 Å². The lowest BCUT2D eigenvalue weighted by molar-refractivity contribution is 0.0627. The van der Waals surface area contributed by atoms with Crippen molar-refractivity contribution in [1.29, 1.82) is 0 Å². The van der Waals surface area contributed by atoms with Gasteiger partial charge in [0.15, 0.2) is 0 Å². The second kappa shape index (κ2) is 6.20. The summed E-state index contributed by atoms with van der Waals surface area (Å²) in [5.74, 6) is -0.103. The van der Waals surface area contributed by atoms with Crippen LogP contribution >= 0.6 is 0 Å². The van der Waals surface area contributed by atoms with Crippen molar-refractivity contribution in [3.05, 3.63) is 35.4 Å². The third-order valence-electron chi connectivity index (χ3n) is 4.39. The van der Waals surface area contributed by atoms with Crippen molar-refractivity contribution >= 4 is 16.0 Å². The number of hydrogen-bond donors (Lipinski definition) is 2. The molecular formula is C15H20N2O5S. The standard InChI is InChI=1S/C15H20N2O5S/c18-14(17-9-7-16(8-10-17)13-5-6-13)11-1-3-12(4-2-11)15(19)23(20,21)22/h1-4,13,15,19H,5-10H2,(H,20,21,22). The van der Waals surface area contributed by atoms with Crippen molar-refractivity contribution in [1.82, 2.24) is 9.80 Å². The van der Waals surface area contributed by atoms with Crippen LogP contribution in [0.5, 0.6) is 0 Å². The Morgan fingerprint density at radius 2 is 1.65 bits per heavy atom. The van der Waals surface area contributed by atoms with Crippen LogP contribution in [0, 0.1) is 0 Å². The van der Waals surface area contributed by atoms with Gasteiger partial charge in [0.05, 0.1) is 0 Å². The molecule has 7 nitrogen and oxygen atoms in total. The van der Waals surface area contributed by atoms with Crippen LogP contribution in [0.25, 0.3) is 0 Å². The Kier molecular flexibility index (Phi) is 4.41. The zero-order valence-electron chi connectivity index (χ0n) is 12.6. The van der Waals surface area contributed by atoms with Crippen LogP contribution < -0.4 is 0 Å².